The Balaban J connectivity index is 1.44. The summed E-state index contributed by atoms with van der Waals surface area (Å²) in [5, 5.41) is 30.6. The smallest absolute Gasteiger partial charge is 0.283 e. The van der Waals surface area contributed by atoms with Crippen LogP contribution in [0.4, 0.5) is 11.4 Å². The number of azo groups is 1. The number of nitrogens with zero attached hydrogens (tertiary/aromatic N) is 3. The molecule has 152 valence electrons. The lowest BCUT2D eigenvalue weighted by atomic mass is 10.2. The summed E-state index contributed by atoms with van der Waals surface area (Å²) >= 11 is 0. The van der Waals surface area contributed by atoms with E-state index in [1.807, 2.05) is 0 Å². The standard InChI is InChI=1S/C18H13N5O7/c24-15(7-19-17(25)9-1-4-13-14(5-9)30-8-29-13)21-22-16-11-6-10(23(27)28)2-3-12(11)20-18(16)26/h1-6,20,26H,7-8H2,(H,19,25). The van der Waals surface area contributed by atoms with Gasteiger partial charge in [-0.1, -0.05) is 0 Å². The predicted octanol–water partition coefficient (Wildman–Crippen LogP) is 2.55. The largest absolute Gasteiger partial charge is 0.493 e. The van der Waals surface area contributed by atoms with E-state index in [1.165, 1.54) is 30.3 Å². The number of aromatic nitrogens is 1. The average molecular weight is 411 g/mol. The highest BCUT2D eigenvalue weighted by molar-refractivity contribution is 5.98. The zero-order valence-corrected chi connectivity index (χ0v) is 15.1. The van der Waals surface area contributed by atoms with Crippen LogP contribution >= 0.6 is 0 Å². The molecule has 30 heavy (non-hydrogen) atoms. The van der Waals surface area contributed by atoms with E-state index >= 15 is 0 Å². The Kier molecular flexibility index (Phi) is 4.72. The maximum atomic E-state index is 12.2. The van der Waals surface area contributed by atoms with Crippen LogP contribution in [0, 0.1) is 10.1 Å². The van der Waals surface area contributed by atoms with Gasteiger partial charge in [-0.15, -0.1) is 10.2 Å². The number of nitro groups is 1. The third kappa shape index (κ3) is 3.61. The van der Waals surface area contributed by atoms with Crippen molar-refractivity contribution in [2.24, 2.45) is 10.2 Å². The Bertz CT molecular complexity index is 1220. The van der Waals surface area contributed by atoms with Gasteiger partial charge in [-0.3, -0.25) is 19.7 Å². The molecule has 3 N–H and O–H groups in total. The maximum absolute atomic E-state index is 12.2. The topological polar surface area (TPSA) is 169 Å². The zero-order chi connectivity index (χ0) is 21.3. The van der Waals surface area contributed by atoms with Gasteiger partial charge in [0.2, 0.25) is 12.7 Å². The molecule has 3 aromatic rings. The average Bonchev–Trinajstić information content (AvgIpc) is 3.32. The van der Waals surface area contributed by atoms with Crippen molar-refractivity contribution in [3.05, 3.63) is 52.1 Å². The molecule has 0 spiro atoms. The summed E-state index contributed by atoms with van der Waals surface area (Å²) in [7, 11) is 0. The lowest BCUT2D eigenvalue weighted by Crippen LogP contribution is -2.28. The van der Waals surface area contributed by atoms with Gasteiger partial charge in [0, 0.05) is 23.1 Å². The number of hydrogen-bond acceptors (Lipinski definition) is 8. The van der Waals surface area contributed by atoms with Crippen LogP contribution in [0.2, 0.25) is 0 Å². The van der Waals surface area contributed by atoms with Crippen LogP contribution in [0.25, 0.3) is 10.9 Å². The van der Waals surface area contributed by atoms with Crippen molar-refractivity contribution >= 4 is 34.1 Å². The molecule has 0 saturated heterocycles. The van der Waals surface area contributed by atoms with Gasteiger partial charge in [-0.2, -0.15) is 0 Å². The first-order chi connectivity index (χ1) is 14.4. The highest BCUT2D eigenvalue weighted by Gasteiger charge is 2.17. The molecule has 12 heteroatoms. The van der Waals surface area contributed by atoms with Crippen LogP contribution in [-0.2, 0) is 4.79 Å². The fraction of sp³-hybridized carbons (Fsp3) is 0.111. The number of aromatic amines is 1. The van der Waals surface area contributed by atoms with Crippen molar-refractivity contribution in [3.8, 4) is 17.4 Å². The van der Waals surface area contributed by atoms with Gasteiger partial charge in [-0.05, 0) is 24.3 Å². The Hall–Kier alpha value is -4.48. The molecule has 0 atom stereocenters. The van der Waals surface area contributed by atoms with Crippen LogP contribution in [0.3, 0.4) is 0 Å². The molecular formula is C18H13N5O7. The van der Waals surface area contributed by atoms with Gasteiger partial charge in [0.1, 0.15) is 6.54 Å². The fourth-order valence-electron chi connectivity index (χ4n) is 2.80. The summed E-state index contributed by atoms with van der Waals surface area (Å²) in [4.78, 5) is 37.1. The summed E-state index contributed by atoms with van der Waals surface area (Å²) in [6.45, 7) is -0.372. The number of aromatic hydroxyl groups is 1. The molecule has 0 saturated carbocycles. The van der Waals surface area contributed by atoms with Gasteiger partial charge < -0.3 is 24.9 Å². The van der Waals surface area contributed by atoms with Crippen molar-refractivity contribution in [1.29, 1.82) is 0 Å². The fourth-order valence-corrected chi connectivity index (χ4v) is 2.80. The number of rotatable bonds is 5. The number of ether oxygens (including phenoxy) is 2. The minimum Gasteiger partial charge on any atom is -0.493 e. The molecule has 2 heterocycles. The highest BCUT2D eigenvalue weighted by Crippen LogP contribution is 2.37. The minimum atomic E-state index is -0.789. The zero-order valence-electron chi connectivity index (χ0n) is 15.1. The normalized spacial score (nSPS) is 12.4. The van der Waals surface area contributed by atoms with Crippen LogP contribution in [0.15, 0.2) is 46.6 Å². The molecule has 4 rings (SSSR count). The lowest BCUT2D eigenvalue weighted by molar-refractivity contribution is -0.384. The number of carbonyl (C=O) groups is 2. The monoisotopic (exact) mass is 411 g/mol. The molecule has 0 bridgehead atoms. The molecule has 12 nitrogen and oxygen atoms in total. The quantitative estimate of drug-likeness (QED) is 0.329. The Morgan fingerprint density at radius 3 is 2.80 bits per heavy atom. The van der Waals surface area contributed by atoms with E-state index in [1.54, 1.807) is 6.07 Å². The summed E-state index contributed by atoms with van der Waals surface area (Å²) in [6.07, 6.45) is 0. The molecule has 0 fully saturated rings. The molecule has 0 unspecified atom stereocenters. The number of nitrogens with one attached hydrogen (secondary N) is 2. The molecule has 2 amide bonds. The van der Waals surface area contributed by atoms with E-state index in [0.29, 0.717) is 17.0 Å². The van der Waals surface area contributed by atoms with Gasteiger partial charge in [-0.25, -0.2) is 0 Å². The maximum Gasteiger partial charge on any atom is 0.283 e. The van der Waals surface area contributed by atoms with Crippen LogP contribution in [-0.4, -0.2) is 40.2 Å². The Morgan fingerprint density at radius 1 is 1.20 bits per heavy atom. The molecule has 0 aliphatic carbocycles. The number of H-pyrrole nitrogens is 1. The van der Waals surface area contributed by atoms with Gasteiger partial charge in [0.25, 0.3) is 17.5 Å². The van der Waals surface area contributed by atoms with Crippen molar-refractivity contribution in [2.45, 2.75) is 0 Å². The number of benzene rings is 2. The summed E-state index contributed by atoms with van der Waals surface area (Å²) in [5.41, 5.74) is 0.325. The van der Waals surface area contributed by atoms with Crippen molar-refractivity contribution < 1.29 is 29.1 Å². The molecule has 1 aliphatic rings. The van der Waals surface area contributed by atoms with E-state index in [0.717, 1.165) is 0 Å². The lowest BCUT2D eigenvalue weighted by Gasteiger charge is -2.03. The highest BCUT2D eigenvalue weighted by atomic mass is 16.7. The number of carbonyl (C=O) groups excluding carboxylic acids is 2. The SMILES string of the molecule is O=C(CNC(=O)c1ccc2c(c1)OCO2)N=Nc1c(O)[nH]c2ccc([N+](=O)[O-])cc12. The van der Waals surface area contributed by atoms with Gasteiger partial charge >= 0.3 is 0 Å². The molecular weight excluding hydrogens is 398 g/mol. The first-order valence-electron chi connectivity index (χ1n) is 8.54. The van der Waals surface area contributed by atoms with Crippen LogP contribution in [0.5, 0.6) is 17.4 Å². The second-order valence-corrected chi connectivity index (χ2v) is 6.15. The second-order valence-electron chi connectivity index (χ2n) is 6.15. The van der Waals surface area contributed by atoms with Gasteiger partial charge in [0.05, 0.1) is 10.4 Å². The summed E-state index contributed by atoms with van der Waals surface area (Å²) in [5.74, 6) is -0.759. The van der Waals surface area contributed by atoms with E-state index in [4.69, 9.17) is 9.47 Å². The third-order valence-electron chi connectivity index (χ3n) is 4.24. The van der Waals surface area contributed by atoms with Crippen LogP contribution in [0.1, 0.15) is 10.4 Å². The number of amides is 2. The van der Waals surface area contributed by atoms with E-state index < -0.39 is 29.2 Å². The summed E-state index contributed by atoms with van der Waals surface area (Å²) in [6, 6.07) is 8.45. The second kappa shape index (κ2) is 7.50. The van der Waals surface area contributed by atoms with E-state index in [9.17, 15) is 24.8 Å². The first-order valence-corrected chi connectivity index (χ1v) is 8.54. The first kappa shape index (κ1) is 18.9. The summed E-state index contributed by atoms with van der Waals surface area (Å²) < 4.78 is 10.4. The van der Waals surface area contributed by atoms with Crippen molar-refractivity contribution in [2.75, 3.05) is 13.3 Å². The Labute approximate surface area is 167 Å². The van der Waals surface area contributed by atoms with Crippen molar-refractivity contribution in [3.63, 3.8) is 0 Å². The van der Waals surface area contributed by atoms with Gasteiger partial charge in [0.15, 0.2) is 17.2 Å². The van der Waals surface area contributed by atoms with E-state index in [2.05, 4.69) is 20.5 Å². The molecule has 2 aromatic carbocycles. The van der Waals surface area contributed by atoms with Crippen LogP contribution < -0.4 is 14.8 Å². The Morgan fingerprint density at radius 2 is 2.00 bits per heavy atom. The number of nitro benzene ring substituents is 1. The number of fused-ring (bicyclic) bond motifs is 2. The molecule has 1 aliphatic heterocycles. The third-order valence-corrected chi connectivity index (χ3v) is 4.24. The number of hydrogen-bond donors (Lipinski definition) is 3. The van der Waals surface area contributed by atoms with E-state index in [-0.39, 0.29) is 29.1 Å². The van der Waals surface area contributed by atoms with Crippen molar-refractivity contribution in [1.82, 2.24) is 10.3 Å². The molecule has 1 aromatic heterocycles. The predicted molar refractivity (Wildman–Crippen MR) is 101 cm³/mol. The molecule has 0 radical (unpaired) electrons. The number of non-ortho nitro benzene ring substituents is 1. The minimum absolute atomic E-state index is 0.0725.